The number of piperazine rings is 1. The lowest BCUT2D eigenvalue weighted by Gasteiger charge is -2.37. The second-order valence-electron chi connectivity index (χ2n) is 2.51. The first-order valence-corrected chi connectivity index (χ1v) is 3.94. The Labute approximate surface area is 75.4 Å². The Morgan fingerprint density at radius 2 is 1.50 bits per heavy atom. The van der Waals surface area contributed by atoms with E-state index in [-0.39, 0.29) is 0 Å². The maximum absolute atomic E-state index is 10.6. The van der Waals surface area contributed by atoms with Crippen molar-refractivity contribution in [1.29, 1.82) is 0 Å². The zero-order valence-electron chi connectivity index (χ0n) is 6.36. The quantitative estimate of drug-likeness (QED) is 0.439. The van der Waals surface area contributed by atoms with Crippen LogP contribution < -0.4 is 5.11 Å². The average molecular weight is 188 g/mol. The van der Waals surface area contributed by atoms with Gasteiger partial charge in [0.15, 0.2) is 0 Å². The standard InChI is InChI=1S/C6H10N2O3S/c9-5(10)7-1-3-8(4-2-7)6(11)12/h1-4H2,(H,9,10)(H,11,12)/p-2. The van der Waals surface area contributed by atoms with Crippen molar-refractivity contribution in [2.45, 2.75) is 0 Å². The molecule has 1 rings (SSSR count). The van der Waals surface area contributed by atoms with Gasteiger partial charge in [0.2, 0.25) is 0 Å². The van der Waals surface area contributed by atoms with Crippen molar-refractivity contribution in [3.05, 3.63) is 0 Å². The summed E-state index contributed by atoms with van der Waals surface area (Å²) in [5, 5.41) is 9.89. The topological polar surface area (TPSA) is 63.7 Å². The van der Waals surface area contributed by atoms with Gasteiger partial charge in [0.1, 0.15) is 11.3 Å². The molecule has 68 valence electrons. The number of nitrogens with zero attached hydrogens (tertiary/aromatic N) is 2. The van der Waals surface area contributed by atoms with E-state index in [9.17, 15) is 14.7 Å². The van der Waals surface area contributed by atoms with E-state index < -0.39 is 11.3 Å². The fourth-order valence-corrected chi connectivity index (χ4v) is 1.25. The first-order chi connectivity index (χ1) is 5.61. The first kappa shape index (κ1) is 9.05. The smallest absolute Gasteiger partial charge is 0.137 e. The Hall–Kier alpha value is -1.04. The van der Waals surface area contributed by atoms with Crippen molar-refractivity contribution < 1.29 is 14.7 Å². The molecular weight excluding hydrogens is 180 g/mol. The van der Waals surface area contributed by atoms with Crippen molar-refractivity contribution in [2.75, 3.05) is 26.2 Å². The van der Waals surface area contributed by atoms with Crippen LogP contribution in [0.5, 0.6) is 0 Å². The van der Waals surface area contributed by atoms with Gasteiger partial charge in [-0.3, -0.25) is 0 Å². The third kappa shape index (κ3) is 1.97. The van der Waals surface area contributed by atoms with Gasteiger partial charge in [-0.05, 0) is 0 Å². The summed E-state index contributed by atoms with van der Waals surface area (Å²) in [7, 11) is 0. The summed E-state index contributed by atoms with van der Waals surface area (Å²) >= 11 is 4.41. The molecule has 2 amide bonds. The highest BCUT2D eigenvalue weighted by Crippen LogP contribution is 2.00. The molecule has 1 aliphatic rings. The molecule has 1 fully saturated rings. The van der Waals surface area contributed by atoms with E-state index in [1.54, 1.807) is 0 Å². The molecule has 0 radical (unpaired) electrons. The van der Waals surface area contributed by atoms with Gasteiger partial charge >= 0.3 is 0 Å². The van der Waals surface area contributed by atoms with Gasteiger partial charge in [0.25, 0.3) is 0 Å². The Morgan fingerprint density at radius 3 is 1.83 bits per heavy atom. The minimum Gasteiger partial charge on any atom is -0.719 e. The van der Waals surface area contributed by atoms with Crippen LogP contribution in [0.25, 0.3) is 0 Å². The molecule has 1 aliphatic heterocycles. The van der Waals surface area contributed by atoms with E-state index in [0.29, 0.717) is 26.2 Å². The van der Waals surface area contributed by atoms with E-state index in [4.69, 9.17) is 0 Å². The fraction of sp³-hybridized carbons (Fsp3) is 0.667. The van der Waals surface area contributed by atoms with Gasteiger partial charge in [-0.2, -0.15) is 0 Å². The minimum absolute atomic E-state index is 0.296. The number of carbonyl (C=O) groups excluding carboxylic acids is 2. The van der Waals surface area contributed by atoms with Crippen molar-refractivity contribution in [2.24, 2.45) is 0 Å². The predicted molar refractivity (Wildman–Crippen MR) is 41.3 cm³/mol. The van der Waals surface area contributed by atoms with Crippen LogP contribution in [0.3, 0.4) is 0 Å². The van der Waals surface area contributed by atoms with Crippen LogP contribution >= 0.6 is 0 Å². The Balaban J connectivity index is 2.39. The van der Waals surface area contributed by atoms with Crippen LogP contribution in [0, 0.1) is 0 Å². The molecule has 0 atom stereocenters. The molecule has 0 saturated carbocycles. The predicted octanol–water partition coefficient (Wildman–Crippen LogP) is -1.39. The van der Waals surface area contributed by atoms with Crippen LogP contribution in [0.15, 0.2) is 0 Å². The average Bonchev–Trinajstić information content (AvgIpc) is 2.04. The third-order valence-electron chi connectivity index (χ3n) is 1.80. The molecule has 0 spiro atoms. The summed E-state index contributed by atoms with van der Waals surface area (Å²) in [6, 6.07) is 0. The third-order valence-corrected chi connectivity index (χ3v) is 2.05. The van der Waals surface area contributed by atoms with Gasteiger partial charge in [-0.25, -0.2) is 0 Å². The van der Waals surface area contributed by atoms with E-state index >= 15 is 0 Å². The van der Waals surface area contributed by atoms with E-state index in [1.807, 2.05) is 0 Å². The Kier molecular flexibility index (Phi) is 2.69. The molecule has 1 saturated heterocycles. The SMILES string of the molecule is O=C([O-])N1CCN(C(=O)[S-])CC1. The fourth-order valence-electron chi connectivity index (χ4n) is 1.07. The monoisotopic (exact) mass is 188 g/mol. The Bertz CT molecular complexity index is 179. The van der Waals surface area contributed by atoms with Crippen molar-refractivity contribution in [3.8, 4) is 0 Å². The number of hydrogen-bond acceptors (Lipinski definition) is 4. The summed E-state index contributed by atoms with van der Waals surface area (Å²) in [5.41, 5.74) is 0. The summed E-state index contributed by atoms with van der Waals surface area (Å²) < 4.78 is 0. The highest BCUT2D eigenvalue weighted by molar-refractivity contribution is 7.76. The zero-order chi connectivity index (χ0) is 9.14. The number of hydrogen-bond donors (Lipinski definition) is 0. The van der Waals surface area contributed by atoms with E-state index in [2.05, 4.69) is 12.6 Å². The molecule has 0 unspecified atom stereocenters. The molecule has 0 bridgehead atoms. The van der Waals surface area contributed by atoms with Crippen molar-refractivity contribution >= 4 is 24.0 Å². The lowest BCUT2D eigenvalue weighted by molar-refractivity contribution is -0.266. The number of amides is 2. The molecule has 0 aromatic carbocycles. The van der Waals surface area contributed by atoms with Crippen LogP contribution in [0.4, 0.5) is 9.59 Å². The number of carboxylic acid groups (broad SMARTS) is 1. The maximum Gasteiger partial charge on any atom is 0.137 e. The van der Waals surface area contributed by atoms with Crippen LogP contribution in [0.2, 0.25) is 0 Å². The normalized spacial score (nSPS) is 17.7. The molecule has 0 aromatic heterocycles. The molecule has 5 nitrogen and oxygen atoms in total. The van der Waals surface area contributed by atoms with Crippen molar-refractivity contribution in [3.63, 3.8) is 0 Å². The number of rotatable bonds is 0. The minimum atomic E-state index is -1.19. The lowest BCUT2D eigenvalue weighted by atomic mass is 10.3. The molecular formula is C6H8N2O3S-2. The summed E-state index contributed by atoms with van der Waals surface area (Å²) in [4.78, 5) is 23.6. The summed E-state index contributed by atoms with van der Waals surface area (Å²) in [5.74, 6) is 0. The highest BCUT2D eigenvalue weighted by atomic mass is 32.1. The molecule has 1 heterocycles. The lowest BCUT2D eigenvalue weighted by Crippen LogP contribution is -2.53. The highest BCUT2D eigenvalue weighted by Gasteiger charge is 2.15. The first-order valence-electron chi connectivity index (χ1n) is 3.53. The molecule has 0 aliphatic carbocycles. The van der Waals surface area contributed by atoms with Gasteiger partial charge in [-0.1, -0.05) is 0 Å². The molecule has 12 heavy (non-hydrogen) atoms. The largest absolute Gasteiger partial charge is 0.719 e. The molecule has 0 aromatic rings. The van der Waals surface area contributed by atoms with E-state index in [0.717, 1.165) is 4.90 Å². The van der Waals surface area contributed by atoms with E-state index in [1.165, 1.54) is 4.90 Å². The summed E-state index contributed by atoms with van der Waals surface area (Å²) in [6.07, 6.45) is -1.19. The zero-order valence-corrected chi connectivity index (χ0v) is 7.17. The van der Waals surface area contributed by atoms with Gasteiger partial charge in [-0.15, -0.1) is 0 Å². The molecule has 6 heteroatoms. The van der Waals surface area contributed by atoms with Crippen LogP contribution in [0.1, 0.15) is 0 Å². The second-order valence-corrected chi connectivity index (χ2v) is 2.86. The molecule has 0 N–H and O–H groups in total. The summed E-state index contributed by atoms with van der Waals surface area (Å²) in [6.45, 7) is 1.34. The van der Waals surface area contributed by atoms with Crippen molar-refractivity contribution in [1.82, 2.24) is 9.80 Å². The van der Waals surface area contributed by atoms with Gasteiger partial charge in [0, 0.05) is 26.2 Å². The van der Waals surface area contributed by atoms with Crippen LogP contribution in [-0.2, 0) is 12.6 Å². The van der Waals surface area contributed by atoms with Crippen LogP contribution in [-0.4, -0.2) is 47.3 Å². The van der Waals surface area contributed by atoms with Gasteiger partial charge in [0.05, 0.1) is 0 Å². The number of carbonyl (C=O) groups is 2. The maximum atomic E-state index is 10.6. The van der Waals surface area contributed by atoms with Gasteiger partial charge < -0.3 is 37.1 Å². The second kappa shape index (κ2) is 3.57. The Morgan fingerprint density at radius 1 is 1.08 bits per heavy atom.